The third kappa shape index (κ3) is 5.12. The fourth-order valence-corrected chi connectivity index (χ4v) is 2.34. The Kier molecular flexibility index (Phi) is 4.89. The standard InChI is InChI=1S/C18H24N2/c1-18(2,3)13-16-7-8-17(20-14-16)6-4-5-15-9-11-19-12-10-15/h7-12,14H,4-6,13H2,1-3H3. The van der Waals surface area contributed by atoms with Gasteiger partial charge in [0.05, 0.1) is 0 Å². The first-order valence-electron chi connectivity index (χ1n) is 7.36. The first-order valence-corrected chi connectivity index (χ1v) is 7.36. The van der Waals surface area contributed by atoms with Crippen molar-refractivity contribution in [2.45, 2.75) is 46.5 Å². The number of nitrogens with zero attached hydrogens (tertiary/aromatic N) is 2. The van der Waals surface area contributed by atoms with Gasteiger partial charge in [0.1, 0.15) is 0 Å². The lowest BCUT2D eigenvalue weighted by Gasteiger charge is -2.17. The van der Waals surface area contributed by atoms with Gasteiger partial charge in [-0.25, -0.2) is 0 Å². The van der Waals surface area contributed by atoms with Crippen molar-refractivity contribution in [2.75, 3.05) is 0 Å². The average molecular weight is 268 g/mol. The molecule has 106 valence electrons. The van der Waals surface area contributed by atoms with Crippen molar-refractivity contribution in [1.82, 2.24) is 9.97 Å². The van der Waals surface area contributed by atoms with Gasteiger partial charge in [-0.3, -0.25) is 9.97 Å². The molecular weight excluding hydrogens is 244 g/mol. The molecule has 0 aliphatic carbocycles. The van der Waals surface area contributed by atoms with Crippen LogP contribution < -0.4 is 0 Å². The van der Waals surface area contributed by atoms with E-state index in [1.165, 1.54) is 16.8 Å². The van der Waals surface area contributed by atoms with Gasteiger partial charge in [0.15, 0.2) is 0 Å². The Hall–Kier alpha value is -1.70. The maximum absolute atomic E-state index is 4.58. The highest BCUT2D eigenvalue weighted by Crippen LogP contribution is 2.20. The van der Waals surface area contributed by atoms with Crippen LogP contribution in [-0.2, 0) is 19.3 Å². The summed E-state index contributed by atoms with van der Waals surface area (Å²) in [6.07, 6.45) is 10.1. The van der Waals surface area contributed by atoms with Crippen LogP contribution in [0.3, 0.4) is 0 Å². The molecule has 2 heterocycles. The second-order valence-electron chi connectivity index (χ2n) is 6.60. The fraction of sp³-hybridized carbons (Fsp3) is 0.444. The second kappa shape index (κ2) is 6.65. The zero-order valence-corrected chi connectivity index (χ0v) is 12.8. The van der Waals surface area contributed by atoms with Gasteiger partial charge < -0.3 is 0 Å². The third-order valence-corrected chi connectivity index (χ3v) is 3.27. The minimum Gasteiger partial charge on any atom is -0.265 e. The molecule has 0 aliphatic rings. The molecule has 0 bridgehead atoms. The molecule has 0 aliphatic heterocycles. The van der Waals surface area contributed by atoms with Crippen LogP contribution in [0.2, 0.25) is 0 Å². The SMILES string of the molecule is CC(C)(C)Cc1ccc(CCCc2ccncc2)nc1. The van der Waals surface area contributed by atoms with E-state index < -0.39 is 0 Å². The highest BCUT2D eigenvalue weighted by Gasteiger charge is 2.11. The van der Waals surface area contributed by atoms with Crippen LogP contribution in [0.1, 0.15) is 44.0 Å². The zero-order chi connectivity index (χ0) is 14.4. The van der Waals surface area contributed by atoms with Gasteiger partial charge in [0, 0.05) is 24.3 Å². The minimum atomic E-state index is 0.324. The van der Waals surface area contributed by atoms with Gasteiger partial charge in [-0.2, -0.15) is 0 Å². The van der Waals surface area contributed by atoms with Crippen molar-refractivity contribution < 1.29 is 0 Å². The molecule has 0 spiro atoms. The Morgan fingerprint density at radius 1 is 0.900 bits per heavy atom. The summed E-state index contributed by atoms with van der Waals surface area (Å²) in [5.41, 5.74) is 4.20. The first kappa shape index (κ1) is 14.7. The molecule has 20 heavy (non-hydrogen) atoms. The number of aryl methyl sites for hydroxylation is 2. The largest absolute Gasteiger partial charge is 0.265 e. The highest BCUT2D eigenvalue weighted by molar-refractivity contribution is 5.16. The summed E-state index contributed by atoms with van der Waals surface area (Å²) in [5.74, 6) is 0. The number of aromatic nitrogens is 2. The molecule has 2 nitrogen and oxygen atoms in total. The highest BCUT2D eigenvalue weighted by atomic mass is 14.7. The van der Waals surface area contributed by atoms with Gasteiger partial charge >= 0.3 is 0 Å². The molecule has 2 aromatic rings. The van der Waals surface area contributed by atoms with Crippen molar-refractivity contribution in [1.29, 1.82) is 0 Å². The summed E-state index contributed by atoms with van der Waals surface area (Å²) >= 11 is 0. The van der Waals surface area contributed by atoms with E-state index in [4.69, 9.17) is 0 Å². The first-order chi connectivity index (χ1) is 9.53. The molecule has 0 amide bonds. The second-order valence-corrected chi connectivity index (χ2v) is 6.60. The van der Waals surface area contributed by atoms with Crippen molar-refractivity contribution in [3.63, 3.8) is 0 Å². The molecule has 0 saturated carbocycles. The van der Waals surface area contributed by atoms with Crippen molar-refractivity contribution in [2.24, 2.45) is 5.41 Å². The molecular formula is C18H24N2. The molecule has 0 aromatic carbocycles. The third-order valence-electron chi connectivity index (χ3n) is 3.27. The van der Waals surface area contributed by atoms with Gasteiger partial charge in [-0.15, -0.1) is 0 Å². The average Bonchev–Trinajstić information content (AvgIpc) is 2.40. The summed E-state index contributed by atoms with van der Waals surface area (Å²) in [6.45, 7) is 6.78. The minimum absolute atomic E-state index is 0.324. The van der Waals surface area contributed by atoms with Crippen LogP contribution in [0.15, 0.2) is 42.9 Å². The molecule has 0 unspecified atom stereocenters. The van der Waals surface area contributed by atoms with Gasteiger partial charge in [-0.1, -0.05) is 26.8 Å². The molecule has 0 saturated heterocycles. The van der Waals surface area contributed by atoms with Crippen LogP contribution in [0.4, 0.5) is 0 Å². The van der Waals surface area contributed by atoms with Crippen LogP contribution in [0.25, 0.3) is 0 Å². The Morgan fingerprint density at radius 2 is 1.65 bits per heavy atom. The lowest BCUT2D eigenvalue weighted by atomic mass is 9.89. The molecule has 2 aromatic heterocycles. The Labute approximate surface area is 122 Å². The van der Waals surface area contributed by atoms with E-state index in [9.17, 15) is 0 Å². The maximum Gasteiger partial charge on any atom is 0.0403 e. The summed E-state index contributed by atoms with van der Waals surface area (Å²) in [4.78, 5) is 8.62. The number of pyridine rings is 2. The molecule has 0 atom stereocenters. The van der Waals surface area contributed by atoms with Crippen LogP contribution in [0, 0.1) is 5.41 Å². The van der Waals surface area contributed by atoms with Crippen LogP contribution in [-0.4, -0.2) is 9.97 Å². The fourth-order valence-electron chi connectivity index (χ4n) is 2.34. The molecule has 2 rings (SSSR count). The normalized spacial score (nSPS) is 11.6. The Bertz CT molecular complexity index is 509. The predicted molar refractivity (Wildman–Crippen MR) is 83.7 cm³/mol. The van der Waals surface area contributed by atoms with Gasteiger partial charge in [0.25, 0.3) is 0 Å². The maximum atomic E-state index is 4.58. The summed E-state index contributed by atoms with van der Waals surface area (Å²) in [7, 11) is 0. The Balaban J connectivity index is 1.82. The van der Waals surface area contributed by atoms with E-state index in [1.807, 2.05) is 18.6 Å². The number of hydrogen-bond donors (Lipinski definition) is 0. The topological polar surface area (TPSA) is 25.8 Å². The van der Waals surface area contributed by atoms with E-state index in [0.717, 1.165) is 25.7 Å². The van der Waals surface area contributed by atoms with E-state index in [-0.39, 0.29) is 0 Å². The zero-order valence-electron chi connectivity index (χ0n) is 12.8. The van der Waals surface area contributed by atoms with Crippen molar-refractivity contribution >= 4 is 0 Å². The van der Waals surface area contributed by atoms with E-state index in [1.54, 1.807) is 0 Å². The van der Waals surface area contributed by atoms with Crippen LogP contribution >= 0.6 is 0 Å². The van der Waals surface area contributed by atoms with E-state index in [2.05, 4.69) is 55.0 Å². The van der Waals surface area contributed by atoms with E-state index >= 15 is 0 Å². The number of hydrogen-bond acceptors (Lipinski definition) is 2. The van der Waals surface area contributed by atoms with Crippen molar-refractivity contribution in [3.05, 3.63) is 59.7 Å². The van der Waals surface area contributed by atoms with Gasteiger partial charge in [-0.05, 0) is 60.4 Å². The summed E-state index contributed by atoms with van der Waals surface area (Å²) < 4.78 is 0. The summed E-state index contributed by atoms with van der Waals surface area (Å²) in [5, 5.41) is 0. The van der Waals surface area contributed by atoms with Crippen molar-refractivity contribution in [3.8, 4) is 0 Å². The molecule has 2 heteroatoms. The molecule has 0 N–H and O–H groups in total. The van der Waals surface area contributed by atoms with E-state index in [0.29, 0.717) is 5.41 Å². The van der Waals surface area contributed by atoms with Crippen LogP contribution in [0.5, 0.6) is 0 Å². The summed E-state index contributed by atoms with van der Waals surface area (Å²) in [6, 6.07) is 8.56. The van der Waals surface area contributed by atoms with Gasteiger partial charge in [0.2, 0.25) is 0 Å². The molecule has 0 radical (unpaired) electrons. The lowest BCUT2D eigenvalue weighted by Crippen LogP contribution is -2.09. The smallest absolute Gasteiger partial charge is 0.0403 e. The monoisotopic (exact) mass is 268 g/mol. The number of rotatable bonds is 5. The lowest BCUT2D eigenvalue weighted by molar-refractivity contribution is 0.410. The molecule has 0 fully saturated rings. The predicted octanol–water partition coefficient (Wildman–Crippen LogP) is 4.24. The Morgan fingerprint density at radius 3 is 2.25 bits per heavy atom. The quantitative estimate of drug-likeness (QED) is 0.810.